The zero-order valence-electron chi connectivity index (χ0n) is 25.8. The van der Waals surface area contributed by atoms with Gasteiger partial charge in [0.05, 0.1) is 31.0 Å². The molecule has 0 spiro atoms. The number of benzene rings is 4. The first-order valence-corrected chi connectivity index (χ1v) is 15.8. The minimum Gasteiger partial charge on any atom is -0.493 e. The number of carbonyl (C=O) groups excluding carboxylic acids is 2. The molecule has 0 aliphatic heterocycles. The monoisotopic (exact) mass is 644 g/mol. The Bertz CT molecular complexity index is 1740. The number of nitrogens with one attached hydrogen (secondary N) is 2. The maximum Gasteiger partial charge on any atom is 0.264 e. The Kier molecular flexibility index (Phi) is 11.7. The van der Waals surface area contributed by atoms with Gasteiger partial charge < -0.3 is 19.5 Å². The molecule has 0 aliphatic rings. The Balaban J connectivity index is 1.34. The average molecular weight is 645 g/mol. The van der Waals surface area contributed by atoms with Gasteiger partial charge >= 0.3 is 0 Å². The van der Waals surface area contributed by atoms with Gasteiger partial charge in [-0.25, -0.2) is 13.8 Å². The van der Waals surface area contributed by atoms with Crippen LogP contribution in [0.3, 0.4) is 0 Å². The lowest BCUT2D eigenvalue weighted by atomic mass is 10.1. The number of ether oxygens (including phenoxy) is 3. The molecule has 11 nitrogen and oxygen atoms in total. The van der Waals surface area contributed by atoms with E-state index in [-0.39, 0.29) is 23.2 Å². The summed E-state index contributed by atoms with van der Waals surface area (Å²) in [6, 6.07) is 27.6. The first kappa shape index (κ1) is 33.5. The van der Waals surface area contributed by atoms with E-state index in [4.69, 9.17) is 14.2 Å². The summed E-state index contributed by atoms with van der Waals surface area (Å²) in [5, 5.41) is 6.81. The summed E-state index contributed by atoms with van der Waals surface area (Å²) in [6.45, 7) is 1.74. The Morgan fingerprint density at radius 1 is 0.848 bits per heavy atom. The van der Waals surface area contributed by atoms with Gasteiger partial charge in [0.1, 0.15) is 12.3 Å². The summed E-state index contributed by atoms with van der Waals surface area (Å²) in [4.78, 5) is 24.9. The second-order valence-corrected chi connectivity index (χ2v) is 12.0. The third-order valence-corrected chi connectivity index (χ3v) is 8.55. The van der Waals surface area contributed by atoms with Gasteiger partial charge in [0.2, 0.25) is 0 Å². The van der Waals surface area contributed by atoms with E-state index in [2.05, 4.69) is 15.8 Å². The van der Waals surface area contributed by atoms with Crippen LogP contribution in [0.1, 0.15) is 16.7 Å². The third kappa shape index (κ3) is 9.32. The first-order chi connectivity index (χ1) is 22.2. The van der Waals surface area contributed by atoms with Gasteiger partial charge in [-0.15, -0.1) is 0 Å². The highest BCUT2D eigenvalue weighted by atomic mass is 32.2. The quantitative estimate of drug-likeness (QED) is 0.147. The fourth-order valence-electron chi connectivity index (χ4n) is 4.32. The number of aryl methyl sites for hydroxylation is 1. The van der Waals surface area contributed by atoms with Gasteiger partial charge in [-0.05, 0) is 73.0 Å². The molecule has 0 bridgehead atoms. The highest BCUT2D eigenvalue weighted by Gasteiger charge is 2.28. The largest absolute Gasteiger partial charge is 0.493 e. The van der Waals surface area contributed by atoms with Crippen LogP contribution in [0.5, 0.6) is 17.2 Å². The van der Waals surface area contributed by atoms with Crippen molar-refractivity contribution >= 4 is 33.7 Å². The molecule has 0 unspecified atom stereocenters. The van der Waals surface area contributed by atoms with Crippen molar-refractivity contribution in [2.24, 2.45) is 5.10 Å². The van der Waals surface area contributed by atoms with E-state index >= 15 is 0 Å². The zero-order valence-corrected chi connectivity index (χ0v) is 26.6. The summed E-state index contributed by atoms with van der Waals surface area (Å²) in [7, 11) is -1.33. The number of carbonyl (C=O) groups is 2. The normalized spacial score (nSPS) is 11.1. The van der Waals surface area contributed by atoms with Crippen molar-refractivity contribution in [1.82, 2.24) is 10.7 Å². The molecule has 4 rings (SSSR count). The number of hydrazone groups is 1. The van der Waals surface area contributed by atoms with Crippen LogP contribution in [-0.2, 0) is 26.0 Å². The minimum atomic E-state index is -4.19. The number of rotatable bonds is 15. The molecule has 0 aromatic heterocycles. The molecule has 0 heterocycles. The molecule has 46 heavy (non-hydrogen) atoms. The number of methoxy groups -OCH3 is 2. The van der Waals surface area contributed by atoms with Crippen LogP contribution in [0.25, 0.3) is 0 Å². The van der Waals surface area contributed by atoms with Crippen LogP contribution >= 0.6 is 0 Å². The first-order valence-electron chi connectivity index (χ1n) is 14.4. The summed E-state index contributed by atoms with van der Waals surface area (Å²) < 4.78 is 44.5. The molecule has 2 amide bonds. The van der Waals surface area contributed by atoms with E-state index in [9.17, 15) is 18.0 Å². The Morgan fingerprint density at radius 2 is 1.54 bits per heavy atom. The molecule has 0 saturated heterocycles. The number of anilines is 1. The second kappa shape index (κ2) is 16.1. The molecule has 0 atom stereocenters. The van der Waals surface area contributed by atoms with Gasteiger partial charge in [-0.1, -0.05) is 48.0 Å². The van der Waals surface area contributed by atoms with Crippen molar-refractivity contribution in [3.8, 4) is 17.2 Å². The molecule has 0 saturated carbocycles. The van der Waals surface area contributed by atoms with E-state index < -0.39 is 22.5 Å². The average Bonchev–Trinajstić information content (AvgIpc) is 3.07. The molecular formula is C34H36N4O7S. The molecular weight excluding hydrogens is 608 g/mol. The summed E-state index contributed by atoms with van der Waals surface area (Å²) >= 11 is 0. The molecule has 0 radical (unpaired) electrons. The van der Waals surface area contributed by atoms with Gasteiger partial charge in [0.15, 0.2) is 18.1 Å². The SMILES string of the molecule is COc1ccc(S(=O)(=O)N(CC(=O)N/N=C\c2ccc(OCC(=O)NCCc3ccccc3)cc2)c2ccc(C)cc2)cc1OC. The Hall–Kier alpha value is -5.36. The standard InChI is InChI=1S/C34H36N4O7S/c1-25-9-13-28(14-10-25)38(46(41,42)30-17-18-31(43-2)32(21-30)44-3)23-33(39)37-36-22-27-11-15-29(16-12-27)45-24-34(40)35-20-19-26-7-5-4-6-8-26/h4-18,21-22H,19-20,23-24H2,1-3H3,(H,35,40)(H,37,39)/b36-22-. The van der Waals surface area contributed by atoms with E-state index in [1.54, 1.807) is 48.5 Å². The highest BCUT2D eigenvalue weighted by Crippen LogP contribution is 2.32. The maximum absolute atomic E-state index is 13.7. The smallest absolute Gasteiger partial charge is 0.264 e. The third-order valence-electron chi connectivity index (χ3n) is 6.78. The summed E-state index contributed by atoms with van der Waals surface area (Å²) in [6.07, 6.45) is 2.14. The number of sulfonamides is 1. The van der Waals surface area contributed by atoms with Gasteiger partial charge in [-0.2, -0.15) is 5.10 Å². The topological polar surface area (TPSA) is 136 Å². The number of amides is 2. The molecule has 240 valence electrons. The van der Waals surface area contributed by atoms with Crippen molar-refractivity contribution in [3.63, 3.8) is 0 Å². The van der Waals surface area contributed by atoms with Gasteiger partial charge in [0, 0.05) is 12.6 Å². The minimum absolute atomic E-state index is 0.0750. The molecule has 4 aromatic rings. The van der Waals surface area contributed by atoms with Crippen molar-refractivity contribution < 1.29 is 32.2 Å². The molecule has 2 N–H and O–H groups in total. The predicted octanol–water partition coefficient (Wildman–Crippen LogP) is 4.10. The lowest BCUT2D eigenvalue weighted by molar-refractivity contribution is -0.123. The molecule has 4 aromatic carbocycles. The van der Waals surface area contributed by atoms with E-state index in [1.165, 1.54) is 38.6 Å². The highest BCUT2D eigenvalue weighted by molar-refractivity contribution is 7.92. The van der Waals surface area contributed by atoms with Crippen molar-refractivity contribution in [1.29, 1.82) is 0 Å². The van der Waals surface area contributed by atoms with E-state index in [1.807, 2.05) is 37.3 Å². The summed E-state index contributed by atoms with van der Waals surface area (Å²) in [5.74, 6) is 0.222. The maximum atomic E-state index is 13.7. The van der Waals surface area contributed by atoms with Gasteiger partial charge in [0.25, 0.3) is 21.8 Å². The zero-order chi connectivity index (χ0) is 32.9. The van der Waals surface area contributed by atoms with Crippen LogP contribution in [0.15, 0.2) is 107 Å². The van der Waals surface area contributed by atoms with Crippen molar-refractivity contribution in [2.45, 2.75) is 18.2 Å². The fraction of sp³-hybridized carbons (Fsp3) is 0.206. The van der Waals surface area contributed by atoms with Crippen LogP contribution in [0.2, 0.25) is 0 Å². The van der Waals surface area contributed by atoms with Crippen molar-refractivity contribution in [2.75, 3.05) is 38.2 Å². The molecule has 0 aliphatic carbocycles. The van der Waals surface area contributed by atoms with Gasteiger partial charge in [-0.3, -0.25) is 13.9 Å². The van der Waals surface area contributed by atoms with E-state index in [0.29, 0.717) is 29.3 Å². The number of nitrogens with zero attached hydrogens (tertiary/aromatic N) is 2. The molecule has 0 fully saturated rings. The van der Waals surface area contributed by atoms with Crippen LogP contribution in [0, 0.1) is 6.92 Å². The Morgan fingerprint density at radius 3 is 2.22 bits per heavy atom. The second-order valence-electron chi connectivity index (χ2n) is 10.1. The molecule has 12 heteroatoms. The fourth-order valence-corrected chi connectivity index (χ4v) is 5.75. The predicted molar refractivity (Wildman–Crippen MR) is 176 cm³/mol. The van der Waals surface area contributed by atoms with Crippen LogP contribution in [0.4, 0.5) is 5.69 Å². The van der Waals surface area contributed by atoms with E-state index in [0.717, 1.165) is 21.9 Å². The number of hydrogen-bond acceptors (Lipinski definition) is 8. The lowest BCUT2D eigenvalue weighted by Gasteiger charge is -2.24. The lowest BCUT2D eigenvalue weighted by Crippen LogP contribution is -2.39. The van der Waals surface area contributed by atoms with Crippen molar-refractivity contribution in [3.05, 3.63) is 114 Å². The Labute approximate surface area is 268 Å². The van der Waals surface area contributed by atoms with Crippen LogP contribution < -0.4 is 29.3 Å². The van der Waals surface area contributed by atoms with Crippen LogP contribution in [-0.4, -0.2) is 60.4 Å². The summed E-state index contributed by atoms with van der Waals surface area (Å²) in [5.41, 5.74) is 5.41. The number of hydrogen-bond donors (Lipinski definition) is 2.